The van der Waals surface area contributed by atoms with Crippen molar-refractivity contribution in [2.24, 2.45) is 0 Å². The Bertz CT molecular complexity index is 1120. The number of ether oxygens (including phenoxy) is 1. The number of nitrogens with zero attached hydrogens (tertiary/aromatic N) is 4. The summed E-state index contributed by atoms with van der Waals surface area (Å²) in [6, 6.07) is 5.87. The van der Waals surface area contributed by atoms with Gasteiger partial charge < -0.3 is 30.6 Å². The Morgan fingerprint density at radius 1 is 1.29 bits per heavy atom. The van der Waals surface area contributed by atoms with Crippen LogP contribution in [0.2, 0.25) is 0 Å². The third-order valence-corrected chi connectivity index (χ3v) is 5.69. The molecule has 3 rings (SSSR count). The van der Waals surface area contributed by atoms with Gasteiger partial charge in [0.25, 0.3) is 0 Å². The maximum Gasteiger partial charge on any atom is 0.354 e. The second-order valence-electron chi connectivity index (χ2n) is 8.17. The lowest BCUT2D eigenvalue weighted by Crippen LogP contribution is -2.23. The Kier molecular flexibility index (Phi) is 8.42. The zero-order valence-electron chi connectivity index (χ0n) is 19.8. The van der Waals surface area contributed by atoms with Crippen molar-refractivity contribution >= 4 is 17.7 Å². The van der Waals surface area contributed by atoms with Crippen LogP contribution in [-0.2, 0) is 13.0 Å². The summed E-state index contributed by atoms with van der Waals surface area (Å²) in [5, 5.41) is 22.2. The highest BCUT2D eigenvalue weighted by molar-refractivity contribution is 5.85. The van der Waals surface area contributed by atoms with Gasteiger partial charge in [-0.25, -0.2) is 14.8 Å². The number of aliphatic hydroxyl groups excluding tert-OH is 1. The number of imidazole rings is 1. The summed E-state index contributed by atoms with van der Waals surface area (Å²) in [5.74, 6) is 0.507. The van der Waals surface area contributed by atoms with Crippen molar-refractivity contribution < 1.29 is 19.7 Å². The molecule has 0 radical (unpaired) electrons. The van der Waals surface area contributed by atoms with E-state index in [1.54, 1.807) is 11.7 Å². The van der Waals surface area contributed by atoms with Crippen LogP contribution in [0.3, 0.4) is 0 Å². The normalized spacial score (nSPS) is 11.9. The van der Waals surface area contributed by atoms with Crippen molar-refractivity contribution in [1.29, 1.82) is 0 Å². The molecule has 1 atom stereocenters. The van der Waals surface area contributed by atoms with Gasteiger partial charge >= 0.3 is 5.97 Å². The lowest BCUT2D eigenvalue weighted by molar-refractivity contribution is 0.0685. The zero-order valence-corrected chi connectivity index (χ0v) is 19.8. The summed E-state index contributed by atoms with van der Waals surface area (Å²) >= 11 is 0. The Balaban J connectivity index is 1.89. The van der Waals surface area contributed by atoms with E-state index in [1.807, 2.05) is 25.1 Å². The maximum absolute atomic E-state index is 11.4. The van der Waals surface area contributed by atoms with Crippen LogP contribution in [0.5, 0.6) is 5.75 Å². The number of hydrogen-bond acceptors (Lipinski definition) is 8. The van der Waals surface area contributed by atoms with E-state index in [4.69, 9.17) is 10.5 Å². The third-order valence-electron chi connectivity index (χ3n) is 5.69. The van der Waals surface area contributed by atoms with Crippen molar-refractivity contribution in [2.75, 3.05) is 24.8 Å². The number of rotatable bonds is 12. The molecule has 0 saturated carbocycles. The smallest absolute Gasteiger partial charge is 0.354 e. The fourth-order valence-corrected chi connectivity index (χ4v) is 3.98. The average Bonchev–Trinajstić information content (AvgIpc) is 3.25. The largest absolute Gasteiger partial charge is 0.496 e. The van der Waals surface area contributed by atoms with E-state index in [2.05, 4.69) is 27.2 Å². The fourth-order valence-electron chi connectivity index (χ4n) is 3.98. The quantitative estimate of drug-likeness (QED) is 0.315. The van der Waals surface area contributed by atoms with Crippen LogP contribution in [0.15, 0.2) is 30.7 Å². The molecule has 0 unspecified atom stereocenters. The number of anilines is 2. The molecule has 34 heavy (non-hydrogen) atoms. The van der Waals surface area contributed by atoms with Gasteiger partial charge in [0, 0.05) is 36.9 Å². The van der Waals surface area contributed by atoms with E-state index < -0.39 is 5.97 Å². The second-order valence-corrected chi connectivity index (χ2v) is 8.17. The molecule has 1 aromatic carbocycles. The van der Waals surface area contributed by atoms with Crippen LogP contribution in [-0.4, -0.2) is 55.5 Å². The first-order valence-electron chi connectivity index (χ1n) is 11.3. The van der Waals surface area contributed by atoms with Crippen LogP contribution < -0.4 is 15.8 Å². The topological polar surface area (TPSA) is 148 Å². The average molecular weight is 469 g/mol. The fraction of sp³-hybridized carbons (Fsp3) is 0.417. The van der Waals surface area contributed by atoms with Crippen molar-refractivity contribution in [2.45, 2.75) is 52.1 Å². The molecule has 0 spiro atoms. The molecule has 0 fully saturated rings. The van der Waals surface area contributed by atoms with Crippen molar-refractivity contribution in [1.82, 2.24) is 19.5 Å². The summed E-state index contributed by atoms with van der Waals surface area (Å²) in [5.41, 5.74) is 9.55. The van der Waals surface area contributed by atoms with Crippen LogP contribution in [0, 0.1) is 6.92 Å². The third kappa shape index (κ3) is 6.02. The van der Waals surface area contributed by atoms with Gasteiger partial charge in [-0.2, -0.15) is 4.98 Å². The first kappa shape index (κ1) is 25.0. The number of nitrogen functional groups attached to an aromatic ring is 1. The standard InChI is InChI=1S/C24H32N6O4/c1-4-5-18(8-9-31)28-22-19(15(2)27-24(25)29-22)11-17-7-6-16(10-21(17)34-3)13-30-14-26-12-20(30)23(32)33/h6-7,10,12,14,18,31H,4-5,8-9,11,13H2,1-3H3,(H,32,33)(H3,25,27,28,29)/t18-/m0/s1. The van der Waals surface area contributed by atoms with Gasteiger partial charge in [-0.15, -0.1) is 0 Å². The van der Waals surface area contributed by atoms with E-state index in [-0.39, 0.29) is 24.3 Å². The zero-order chi connectivity index (χ0) is 24.7. The number of carboxylic acid groups (broad SMARTS) is 1. The van der Waals surface area contributed by atoms with Gasteiger partial charge in [-0.05, 0) is 37.0 Å². The first-order chi connectivity index (χ1) is 16.4. The molecule has 0 aliphatic rings. The van der Waals surface area contributed by atoms with Crippen LogP contribution in [0.25, 0.3) is 0 Å². The molecule has 2 heterocycles. The maximum atomic E-state index is 11.4. The molecule has 5 N–H and O–H groups in total. The highest BCUT2D eigenvalue weighted by Crippen LogP contribution is 2.28. The minimum absolute atomic E-state index is 0.0744. The molecule has 0 bridgehead atoms. The molecule has 182 valence electrons. The monoisotopic (exact) mass is 468 g/mol. The van der Waals surface area contributed by atoms with E-state index >= 15 is 0 Å². The van der Waals surface area contributed by atoms with Gasteiger partial charge in [-0.1, -0.05) is 25.5 Å². The van der Waals surface area contributed by atoms with Gasteiger partial charge in [0.2, 0.25) is 5.95 Å². The van der Waals surface area contributed by atoms with Crippen LogP contribution in [0.4, 0.5) is 11.8 Å². The van der Waals surface area contributed by atoms with Gasteiger partial charge in [0.15, 0.2) is 0 Å². The molecular formula is C24H32N6O4. The second kappa shape index (κ2) is 11.5. The molecule has 2 aromatic heterocycles. The molecule has 0 aliphatic heterocycles. The van der Waals surface area contributed by atoms with E-state index in [0.717, 1.165) is 35.2 Å². The Morgan fingerprint density at radius 2 is 2.09 bits per heavy atom. The van der Waals surface area contributed by atoms with Crippen molar-refractivity contribution in [3.8, 4) is 5.75 Å². The van der Waals surface area contributed by atoms with E-state index in [1.165, 1.54) is 12.5 Å². The minimum Gasteiger partial charge on any atom is -0.496 e. The SMILES string of the molecule is CCC[C@@H](CCO)Nc1nc(N)nc(C)c1Cc1ccc(Cn2cncc2C(=O)O)cc1OC. The number of carbonyl (C=O) groups is 1. The molecule has 0 aliphatic carbocycles. The number of aromatic nitrogens is 4. The summed E-state index contributed by atoms with van der Waals surface area (Å²) in [6.45, 7) is 4.44. The molecule has 3 aromatic rings. The Morgan fingerprint density at radius 3 is 2.76 bits per heavy atom. The summed E-state index contributed by atoms with van der Waals surface area (Å²) in [6.07, 6.45) is 5.82. The first-order valence-corrected chi connectivity index (χ1v) is 11.3. The van der Waals surface area contributed by atoms with Gasteiger partial charge in [0.05, 0.1) is 19.6 Å². The molecule has 10 nitrogen and oxygen atoms in total. The summed E-state index contributed by atoms with van der Waals surface area (Å²) in [7, 11) is 1.60. The Labute approximate surface area is 198 Å². The van der Waals surface area contributed by atoms with Gasteiger partial charge in [0.1, 0.15) is 17.3 Å². The molecule has 10 heteroatoms. The van der Waals surface area contributed by atoms with Crippen molar-refractivity contribution in [3.05, 3.63) is 58.8 Å². The van der Waals surface area contributed by atoms with E-state index in [0.29, 0.717) is 31.0 Å². The number of carboxylic acids is 1. The lowest BCUT2D eigenvalue weighted by Gasteiger charge is -2.21. The predicted molar refractivity (Wildman–Crippen MR) is 129 cm³/mol. The number of aryl methyl sites for hydroxylation is 1. The number of hydrogen-bond donors (Lipinski definition) is 4. The summed E-state index contributed by atoms with van der Waals surface area (Å²) < 4.78 is 7.23. The van der Waals surface area contributed by atoms with Crippen LogP contribution >= 0.6 is 0 Å². The highest BCUT2D eigenvalue weighted by Gasteiger charge is 2.18. The number of methoxy groups -OCH3 is 1. The number of aromatic carboxylic acids is 1. The number of nitrogens with two attached hydrogens (primary N) is 1. The minimum atomic E-state index is -1.03. The lowest BCUT2D eigenvalue weighted by atomic mass is 10.0. The predicted octanol–water partition coefficient (Wildman–Crippen LogP) is 2.87. The highest BCUT2D eigenvalue weighted by atomic mass is 16.5. The van der Waals surface area contributed by atoms with Crippen LogP contribution in [0.1, 0.15) is 59.1 Å². The number of nitrogens with one attached hydrogen (secondary N) is 1. The summed E-state index contributed by atoms with van der Waals surface area (Å²) in [4.78, 5) is 24.1. The molecule has 0 amide bonds. The molecular weight excluding hydrogens is 436 g/mol. The van der Waals surface area contributed by atoms with Crippen molar-refractivity contribution in [3.63, 3.8) is 0 Å². The molecule has 0 saturated heterocycles. The Hall–Kier alpha value is -3.66. The number of aliphatic hydroxyl groups is 1. The number of benzene rings is 1. The van der Waals surface area contributed by atoms with E-state index in [9.17, 15) is 15.0 Å². The van der Waals surface area contributed by atoms with Gasteiger partial charge in [-0.3, -0.25) is 0 Å².